The van der Waals surface area contributed by atoms with Crippen LogP contribution in [0.2, 0.25) is 0 Å². The second kappa shape index (κ2) is 6.79. The van der Waals surface area contributed by atoms with E-state index in [1.165, 1.54) is 7.11 Å². The van der Waals surface area contributed by atoms with Gasteiger partial charge >= 0.3 is 5.97 Å². The predicted molar refractivity (Wildman–Crippen MR) is 67.7 cm³/mol. The van der Waals surface area contributed by atoms with E-state index in [1.54, 1.807) is 31.2 Å². The van der Waals surface area contributed by atoms with Gasteiger partial charge in [0.1, 0.15) is 5.75 Å². The molecule has 1 aromatic carbocycles. The minimum Gasteiger partial charge on any atom is -0.494 e. The molecule has 1 unspecified atom stereocenters. The van der Waals surface area contributed by atoms with Gasteiger partial charge in [0.25, 0.3) is 0 Å². The average molecular weight is 250 g/mol. The van der Waals surface area contributed by atoms with Gasteiger partial charge in [0.2, 0.25) is 0 Å². The summed E-state index contributed by atoms with van der Waals surface area (Å²) < 4.78 is 9.84. The van der Waals surface area contributed by atoms with Crippen LogP contribution in [0.1, 0.15) is 30.6 Å². The molecule has 0 bridgehead atoms. The number of benzene rings is 1. The molecule has 0 amide bonds. The highest BCUT2D eigenvalue weighted by atomic mass is 16.5. The van der Waals surface area contributed by atoms with Crippen LogP contribution in [0.15, 0.2) is 24.3 Å². The van der Waals surface area contributed by atoms with Crippen LogP contribution in [-0.4, -0.2) is 25.5 Å². The molecule has 1 atom stereocenters. The Morgan fingerprint density at radius 3 is 2.33 bits per heavy atom. The SMILES string of the molecule is CCOc1ccc(C(=O)C(C)CC(=O)OC)cc1. The predicted octanol–water partition coefficient (Wildman–Crippen LogP) is 2.47. The van der Waals surface area contributed by atoms with Gasteiger partial charge in [-0.25, -0.2) is 0 Å². The van der Waals surface area contributed by atoms with Gasteiger partial charge in [-0.1, -0.05) is 6.92 Å². The molecule has 1 rings (SSSR count). The molecule has 1 aromatic rings. The lowest BCUT2D eigenvalue weighted by molar-refractivity contribution is -0.141. The Kier molecular flexibility index (Phi) is 5.36. The molecule has 0 radical (unpaired) electrons. The number of methoxy groups -OCH3 is 1. The van der Waals surface area contributed by atoms with Gasteiger partial charge in [-0.05, 0) is 31.2 Å². The Hall–Kier alpha value is -1.84. The topological polar surface area (TPSA) is 52.6 Å². The van der Waals surface area contributed by atoms with Crippen molar-refractivity contribution in [1.29, 1.82) is 0 Å². The van der Waals surface area contributed by atoms with Crippen molar-refractivity contribution in [2.75, 3.05) is 13.7 Å². The molecule has 0 aliphatic heterocycles. The molecule has 4 nitrogen and oxygen atoms in total. The Morgan fingerprint density at radius 2 is 1.83 bits per heavy atom. The van der Waals surface area contributed by atoms with Gasteiger partial charge < -0.3 is 9.47 Å². The zero-order valence-corrected chi connectivity index (χ0v) is 10.9. The van der Waals surface area contributed by atoms with Crippen LogP contribution in [0.5, 0.6) is 5.75 Å². The maximum atomic E-state index is 12.0. The number of hydrogen-bond acceptors (Lipinski definition) is 4. The average Bonchev–Trinajstić information content (AvgIpc) is 2.39. The molecule has 4 heteroatoms. The molecular formula is C14H18O4. The first-order chi connectivity index (χ1) is 8.58. The second-order valence-corrected chi connectivity index (χ2v) is 4.00. The highest BCUT2D eigenvalue weighted by Gasteiger charge is 2.18. The van der Waals surface area contributed by atoms with Crippen molar-refractivity contribution in [1.82, 2.24) is 0 Å². The molecule has 0 aliphatic rings. The second-order valence-electron chi connectivity index (χ2n) is 4.00. The Labute approximate surface area is 107 Å². The number of esters is 1. The lowest BCUT2D eigenvalue weighted by Crippen LogP contribution is -2.16. The fourth-order valence-corrected chi connectivity index (χ4v) is 1.59. The van der Waals surface area contributed by atoms with E-state index in [4.69, 9.17) is 4.74 Å². The molecule has 0 saturated carbocycles. The van der Waals surface area contributed by atoms with Gasteiger partial charge in [0.15, 0.2) is 5.78 Å². The molecule has 0 heterocycles. The summed E-state index contributed by atoms with van der Waals surface area (Å²) in [5.74, 6) is -0.0877. The van der Waals surface area contributed by atoms with E-state index < -0.39 is 0 Å². The third-order valence-electron chi connectivity index (χ3n) is 2.60. The fraction of sp³-hybridized carbons (Fsp3) is 0.429. The number of carbonyl (C=O) groups excluding carboxylic acids is 2. The number of carbonyl (C=O) groups is 2. The van der Waals surface area contributed by atoms with Gasteiger partial charge in [-0.15, -0.1) is 0 Å². The summed E-state index contributed by atoms with van der Waals surface area (Å²) in [5, 5.41) is 0. The number of ether oxygens (including phenoxy) is 2. The molecule has 0 spiro atoms. The van der Waals surface area contributed by atoms with Crippen molar-refractivity contribution in [2.45, 2.75) is 20.3 Å². The molecule has 0 aromatic heterocycles. The van der Waals surface area contributed by atoms with E-state index in [9.17, 15) is 9.59 Å². The van der Waals surface area contributed by atoms with Gasteiger partial charge in [0.05, 0.1) is 20.1 Å². The van der Waals surface area contributed by atoms with Crippen molar-refractivity contribution in [2.24, 2.45) is 5.92 Å². The van der Waals surface area contributed by atoms with Crippen LogP contribution >= 0.6 is 0 Å². The van der Waals surface area contributed by atoms with Gasteiger partial charge in [-0.2, -0.15) is 0 Å². The first-order valence-corrected chi connectivity index (χ1v) is 5.92. The molecule has 0 fully saturated rings. The van der Waals surface area contributed by atoms with E-state index in [2.05, 4.69) is 4.74 Å². The van der Waals surface area contributed by atoms with Crippen LogP contribution in [0.4, 0.5) is 0 Å². The molecular weight excluding hydrogens is 232 g/mol. The van der Waals surface area contributed by atoms with Crippen LogP contribution < -0.4 is 4.74 Å². The lowest BCUT2D eigenvalue weighted by atomic mass is 9.96. The number of Topliss-reactive ketones (excluding diaryl/α,β-unsaturated/α-hetero) is 1. The summed E-state index contributed by atoms with van der Waals surface area (Å²) in [6, 6.07) is 6.92. The maximum absolute atomic E-state index is 12.0. The van der Waals surface area contributed by atoms with E-state index in [0.29, 0.717) is 12.2 Å². The number of rotatable bonds is 6. The third kappa shape index (κ3) is 3.87. The summed E-state index contributed by atoms with van der Waals surface area (Å²) in [4.78, 5) is 23.1. The fourth-order valence-electron chi connectivity index (χ4n) is 1.59. The molecule has 0 aliphatic carbocycles. The maximum Gasteiger partial charge on any atom is 0.306 e. The summed E-state index contributed by atoms with van der Waals surface area (Å²) >= 11 is 0. The smallest absolute Gasteiger partial charge is 0.306 e. The van der Waals surface area contributed by atoms with Gasteiger partial charge in [0, 0.05) is 11.5 Å². The van der Waals surface area contributed by atoms with E-state index in [1.807, 2.05) is 6.92 Å². The van der Waals surface area contributed by atoms with E-state index in [-0.39, 0.29) is 24.1 Å². The molecule has 0 saturated heterocycles. The highest BCUT2D eigenvalue weighted by Crippen LogP contribution is 2.17. The summed E-state index contributed by atoms with van der Waals surface area (Å²) in [7, 11) is 1.32. The summed E-state index contributed by atoms with van der Waals surface area (Å²) in [6.07, 6.45) is 0.0997. The Bertz CT molecular complexity index is 408. The summed E-state index contributed by atoms with van der Waals surface area (Å²) in [5.41, 5.74) is 0.579. The Morgan fingerprint density at radius 1 is 1.22 bits per heavy atom. The van der Waals surface area contributed by atoms with Gasteiger partial charge in [-0.3, -0.25) is 9.59 Å². The van der Waals surface area contributed by atoms with Crippen molar-refractivity contribution in [3.63, 3.8) is 0 Å². The summed E-state index contributed by atoms with van der Waals surface area (Å²) in [6.45, 7) is 4.21. The number of hydrogen-bond donors (Lipinski definition) is 0. The first kappa shape index (κ1) is 14.2. The lowest BCUT2D eigenvalue weighted by Gasteiger charge is -2.09. The third-order valence-corrected chi connectivity index (χ3v) is 2.60. The zero-order chi connectivity index (χ0) is 13.5. The minimum absolute atomic E-state index is 0.0663. The number of ketones is 1. The van der Waals surface area contributed by atoms with E-state index >= 15 is 0 Å². The van der Waals surface area contributed by atoms with Crippen LogP contribution in [0.3, 0.4) is 0 Å². The van der Waals surface area contributed by atoms with Crippen molar-refractivity contribution >= 4 is 11.8 Å². The highest BCUT2D eigenvalue weighted by molar-refractivity contribution is 5.99. The monoisotopic (exact) mass is 250 g/mol. The van der Waals surface area contributed by atoms with Crippen molar-refractivity contribution in [3.8, 4) is 5.75 Å². The molecule has 18 heavy (non-hydrogen) atoms. The van der Waals surface area contributed by atoms with Crippen LogP contribution in [-0.2, 0) is 9.53 Å². The molecule has 0 N–H and O–H groups in total. The Balaban J connectivity index is 2.68. The standard InChI is InChI=1S/C14H18O4/c1-4-18-12-7-5-11(6-8-12)14(16)10(2)9-13(15)17-3/h5-8,10H,4,9H2,1-3H3. The zero-order valence-electron chi connectivity index (χ0n) is 10.9. The van der Waals surface area contributed by atoms with E-state index in [0.717, 1.165) is 5.75 Å². The quantitative estimate of drug-likeness (QED) is 0.575. The normalized spacial score (nSPS) is 11.7. The van der Waals surface area contributed by atoms with Crippen molar-refractivity contribution in [3.05, 3.63) is 29.8 Å². The first-order valence-electron chi connectivity index (χ1n) is 5.92. The van der Waals surface area contributed by atoms with Crippen LogP contribution in [0, 0.1) is 5.92 Å². The molecule has 98 valence electrons. The van der Waals surface area contributed by atoms with Crippen molar-refractivity contribution < 1.29 is 19.1 Å². The van der Waals surface area contributed by atoms with Crippen LogP contribution in [0.25, 0.3) is 0 Å². The largest absolute Gasteiger partial charge is 0.494 e. The minimum atomic E-state index is -0.379.